The number of sulfonamides is 1. The van der Waals surface area contributed by atoms with E-state index >= 15 is 0 Å². The predicted octanol–water partition coefficient (Wildman–Crippen LogP) is 2.94. The number of rotatable bonds is 4. The molecule has 0 radical (unpaired) electrons. The van der Waals surface area contributed by atoms with Gasteiger partial charge in [-0.15, -0.1) is 0 Å². The molecule has 0 bridgehead atoms. The number of amides is 2. The fraction of sp³-hybridized carbons (Fsp3) is 0.619. The zero-order chi connectivity index (χ0) is 21.9. The Labute approximate surface area is 183 Å². The van der Waals surface area contributed by atoms with Gasteiger partial charge in [-0.25, -0.2) is 8.42 Å². The van der Waals surface area contributed by atoms with Gasteiger partial charge in [0, 0.05) is 23.3 Å². The van der Waals surface area contributed by atoms with Crippen LogP contribution in [0.25, 0.3) is 0 Å². The Morgan fingerprint density at radius 1 is 1.10 bits per heavy atom. The molecule has 7 nitrogen and oxygen atoms in total. The van der Waals surface area contributed by atoms with Gasteiger partial charge in [0.15, 0.2) is 0 Å². The van der Waals surface area contributed by atoms with E-state index in [0.717, 1.165) is 49.1 Å². The van der Waals surface area contributed by atoms with Crippen molar-refractivity contribution in [1.82, 2.24) is 9.62 Å². The van der Waals surface area contributed by atoms with Crippen molar-refractivity contribution in [2.24, 2.45) is 0 Å². The van der Waals surface area contributed by atoms with E-state index in [1.165, 1.54) is 11.3 Å². The van der Waals surface area contributed by atoms with Gasteiger partial charge in [-0.1, -0.05) is 43.7 Å². The molecule has 1 saturated carbocycles. The lowest BCUT2D eigenvalue weighted by molar-refractivity contribution is -0.133. The summed E-state index contributed by atoms with van der Waals surface area (Å²) in [6, 6.07) is 6.70. The number of benzene rings is 1. The summed E-state index contributed by atoms with van der Waals surface area (Å²) in [5.41, 5.74) is -0.845. The third-order valence-electron chi connectivity index (χ3n) is 6.02. The number of piperazine rings is 1. The van der Waals surface area contributed by atoms with Crippen LogP contribution in [0, 0.1) is 0 Å². The van der Waals surface area contributed by atoms with Crippen molar-refractivity contribution < 1.29 is 18.0 Å². The molecule has 1 saturated heterocycles. The highest BCUT2D eigenvalue weighted by Crippen LogP contribution is 2.32. The normalized spacial score (nSPS) is 24.9. The molecule has 1 aliphatic heterocycles. The molecular weight excluding hydrogens is 426 g/mol. The van der Waals surface area contributed by atoms with E-state index in [9.17, 15) is 18.0 Å². The highest BCUT2D eigenvalue weighted by Gasteiger charge is 2.50. The lowest BCUT2D eigenvalue weighted by Crippen LogP contribution is -2.70. The Bertz CT molecular complexity index is 882. The lowest BCUT2D eigenvalue weighted by Gasteiger charge is -2.47. The number of carbonyl (C=O) groups excluding carboxylic acids is 2. The van der Waals surface area contributed by atoms with Crippen LogP contribution in [-0.4, -0.2) is 55.5 Å². The molecule has 2 aliphatic rings. The first kappa shape index (κ1) is 23.0. The first-order valence-electron chi connectivity index (χ1n) is 10.5. The summed E-state index contributed by atoms with van der Waals surface area (Å²) in [6.07, 6.45) is 8.49. The first-order chi connectivity index (χ1) is 14.1. The predicted molar refractivity (Wildman–Crippen MR) is 118 cm³/mol. The van der Waals surface area contributed by atoms with E-state index in [1.54, 1.807) is 31.2 Å². The van der Waals surface area contributed by atoms with Crippen LogP contribution >= 0.6 is 11.6 Å². The molecule has 1 aliphatic carbocycles. The zero-order valence-corrected chi connectivity index (χ0v) is 19.1. The summed E-state index contributed by atoms with van der Waals surface area (Å²) >= 11 is 5.99. The number of halogens is 1. The van der Waals surface area contributed by atoms with Crippen molar-refractivity contribution in [1.29, 1.82) is 0 Å². The van der Waals surface area contributed by atoms with E-state index < -0.39 is 21.5 Å². The zero-order valence-electron chi connectivity index (χ0n) is 17.6. The average Bonchev–Trinajstić information content (AvgIpc) is 2.64. The summed E-state index contributed by atoms with van der Waals surface area (Å²) in [6.45, 7) is 1.24. The van der Waals surface area contributed by atoms with E-state index in [0.29, 0.717) is 10.7 Å². The van der Waals surface area contributed by atoms with Gasteiger partial charge in [0.25, 0.3) is 0 Å². The lowest BCUT2D eigenvalue weighted by atomic mass is 9.92. The fourth-order valence-corrected chi connectivity index (χ4v) is 5.29. The van der Waals surface area contributed by atoms with Gasteiger partial charge in [0.2, 0.25) is 21.8 Å². The van der Waals surface area contributed by atoms with Crippen molar-refractivity contribution in [2.45, 2.75) is 63.5 Å². The molecule has 1 heterocycles. The average molecular weight is 456 g/mol. The molecule has 1 N–H and O–H groups in total. The van der Waals surface area contributed by atoms with Gasteiger partial charge in [-0.3, -0.25) is 14.5 Å². The molecule has 0 aromatic heterocycles. The number of hydrogen-bond acceptors (Lipinski definition) is 4. The second-order valence-electron chi connectivity index (χ2n) is 8.53. The quantitative estimate of drug-likeness (QED) is 0.756. The minimum absolute atomic E-state index is 0.0328. The fourth-order valence-electron chi connectivity index (χ4n) is 4.34. The molecule has 166 valence electrons. The second-order valence-corrected chi connectivity index (χ2v) is 10.9. The summed E-state index contributed by atoms with van der Waals surface area (Å²) in [5.74, 6) is -0.769. The van der Waals surface area contributed by atoms with Crippen LogP contribution in [0.1, 0.15) is 51.9 Å². The molecule has 2 amide bonds. The molecule has 3 rings (SSSR count). The molecule has 2 fully saturated rings. The van der Waals surface area contributed by atoms with Gasteiger partial charge in [-0.2, -0.15) is 4.31 Å². The van der Waals surface area contributed by atoms with Gasteiger partial charge in [0.05, 0.1) is 12.8 Å². The molecule has 1 aromatic carbocycles. The van der Waals surface area contributed by atoms with E-state index in [1.807, 2.05) is 0 Å². The maximum absolute atomic E-state index is 13.5. The number of nitrogens with one attached hydrogen (secondary N) is 1. The van der Waals surface area contributed by atoms with Crippen LogP contribution in [-0.2, 0) is 19.6 Å². The van der Waals surface area contributed by atoms with Crippen LogP contribution in [0.5, 0.6) is 0 Å². The van der Waals surface area contributed by atoms with E-state index in [-0.39, 0.29) is 25.0 Å². The number of hydrogen-bond donors (Lipinski definition) is 1. The van der Waals surface area contributed by atoms with E-state index in [4.69, 9.17) is 11.6 Å². The van der Waals surface area contributed by atoms with Gasteiger partial charge >= 0.3 is 0 Å². The van der Waals surface area contributed by atoms with Gasteiger partial charge in [0.1, 0.15) is 5.54 Å². The van der Waals surface area contributed by atoms with E-state index in [2.05, 4.69) is 5.32 Å². The standard InChI is InChI=1S/C21H30ClN3O4S/c1-21(20(27)23-17-8-6-4-3-5-7-9-17)15-24(30(2,28)29)14-19(26)25(21)18-12-10-16(22)11-13-18/h10-13,17H,3-9,14-15H2,1-2H3,(H,23,27)/t21-/m1/s1. The Kier molecular flexibility index (Phi) is 7.09. The molecule has 0 unspecified atom stereocenters. The number of carbonyl (C=O) groups is 2. The van der Waals surface area contributed by atoms with Crippen molar-refractivity contribution in [3.8, 4) is 0 Å². The van der Waals surface area contributed by atoms with Crippen molar-refractivity contribution in [3.05, 3.63) is 29.3 Å². The molecule has 9 heteroatoms. The summed E-state index contributed by atoms with van der Waals surface area (Å²) in [4.78, 5) is 28.0. The summed E-state index contributed by atoms with van der Waals surface area (Å²) in [5, 5.41) is 3.64. The first-order valence-corrected chi connectivity index (χ1v) is 12.7. The molecular formula is C21H30ClN3O4S. The largest absolute Gasteiger partial charge is 0.351 e. The monoisotopic (exact) mass is 455 g/mol. The summed E-state index contributed by atoms with van der Waals surface area (Å²) < 4.78 is 25.5. The molecule has 0 spiro atoms. The summed E-state index contributed by atoms with van der Waals surface area (Å²) in [7, 11) is -3.63. The highest BCUT2D eigenvalue weighted by atomic mass is 35.5. The van der Waals surface area contributed by atoms with Gasteiger partial charge in [-0.05, 0) is 44.0 Å². The Morgan fingerprint density at radius 2 is 1.67 bits per heavy atom. The van der Waals surface area contributed by atoms with Crippen LogP contribution in [0.3, 0.4) is 0 Å². The number of anilines is 1. The third-order valence-corrected chi connectivity index (χ3v) is 7.47. The smallest absolute Gasteiger partial charge is 0.247 e. The van der Waals surface area contributed by atoms with Gasteiger partial charge < -0.3 is 5.32 Å². The highest BCUT2D eigenvalue weighted by molar-refractivity contribution is 7.88. The van der Waals surface area contributed by atoms with Crippen LogP contribution < -0.4 is 10.2 Å². The maximum atomic E-state index is 13.5. The Morgan fingerprint density at radius 3 is 2.23 bits per heavy atom. The number of nitrogens with zero attached hydrogens (tertiary/aromatic N) is 2. The SMILES string of the molecule is C[C@]1(C(=O)NC2CCCCCCC2)CN(S(C)(=O)=O)CC(=O)N1c1ccc(Cl)cc1. The minimum Gasteiger partial charge on any atom is -0.351 e. The Balaban J connectivity index is 1.92. The minimum atomic E-state index is -3.63. The van der Waals surface area contributed by atoms with Crippen LogP contribution in [0.15, 0.2) is 24.3 Å². The van der Waals surface area contributed by atoms with Crippen molar-refractivity contribution in [2.75, 3.05) is 24.2 Å². The maximum Gasteiger partial charge on any atom is 0.247 e. The molecule has 1 atom stereocenters. The van der Waals surface area contributed by atoms with Crippen LogP contribution in [0.2, 0.25) is 5.02 Å². The molecule has 1 aromatic rings. The Hall–Kier alpha value is -1.64. The molecule has 30 heavy (non-hydrogen) atoms. The second kappa shape index (κ2) is 9.24. The topological polar surface area (TPSA) is 86.8 Å². The van der Waals surface area contributed by atoms with Crippen molar-refractivity contribution in [3.63, 3.8) is 0 Å². The van der Waals surface area contributed by atoms with Crippen molar-refractivity contribution >= 4 is 39.1 Å². The third kappa shape index (κ3) is 5.15. The van der Waals surface area contributed by atoms with Crippen LogP contribution in [0.4, 0.5) is 5.69 Å².